The maximum Gasteiger partial charge on any atom is 0.299 e. The molecular weight excluding hydrogens is 249 g/mol. The van der Waals surface area contributed by atoms with Gasteiger partial charge in [0.1, 0.15) is 5.82 Å². The van der Waals surface area contributed by atoms with Crippen molar-refractivity contribution in [1.29, 1.82) is 0 Å². The van der Waals surface area contributed by atoms with Crippen LogP contribution in [0.4, 0.5) is 10.1 Å². The van der Waals surface area contributed by atoms with Crippen LogP contribution in [0.1, 0.15) is 10.4 Å². The molecule has 1 aliphatic rings. The van der Waals surface area contributed by atoms with Crippen molar-refractivity contribution in [1.82, 2.24) is 9.78 Å². The minimum atomic E-state index is -0.657. The lowest BCUT2D eigenvalue weighted by molar-refractivity contribution is -0.114. The minimum absolute atomic E-state index is 0.130. The molecule has 96 valence electrons. The average molecular weight is 259 g/mol. The summed E-state index contributed by atoms with van der Waals surface area (Å²) in [6, 6.07) is 5.58. The summed E-state index contributed by atoms with van der Waals surface area (Å²) in [7, 11) is 0. The molecule has 1 amide bonds. The molecular formula is C13H10FN3O2. The summed E-state index contributed by atoms with van der Waals surface area (Å²) in [6.07, 6.45) is 3.41. The van der Waals surface area contributed by atoms with Crippen LogP contribution in [0.25, 0.3) is 0 Å². The van der Waals surface area contributed by atoms with Gasteiger partial charge >= 0.3 is 0 Å². The van der Waals surface area contributed by atoms with E-state index in [0.717, 1.165) is 6.07 Å². The Morgan fingerprint density at radius 1 is 1.21 bits per heavy atom. The second-order valence-corrected chi connectivity index (χ2v) is 4.22. The number of ketones is 1. The number of fused-ring (bicyclic) bond motifs is 1. The highest BCUT2D eigenvalue weighted by Crippen LogP contribution is 2.29. The van der Waals surface area contributed by atoms with Crippen molar-refractivity contribution in [2.24, 2.45) is 0 Å². The Kier molecular flexibility index (Phi) is 2.63. The van der Waals surface area contributed by atoms with Crippen molar-refractivity contribution in [2.75, 3.05) is 11.4 Å². The van der Waals surface area contributed by atoms with Gasteiger partial charge in [0, 0.05) is 18.9 Å². The van der Waals surface area contributed by atoms with Crippen LogP contribution in [-0.2, 0) is 11.3 Å². The van der Waals surface area contributed by atoms with Gasteiger partial charge < -0.3 is 4.90 Å². The van der Waals surface area contributed by atoms with Gasteiger partial charge in [0.2, 0.25) is 0 Å². The molecule has 0 fully saturated rings. The molecule has 2 aromatic rings. The van der Waals surface area contributed by atoms with E-state index in [1.165, 1.54) is 17.0 Å². The Bertz CT molecular complexity index is 652. The maximum atomic E-state index is 13.1. The Morgan fingerprint density at radius 3 is 2.79 bits per heavy atom. The van der Waals surface area contributed by atoms with Gasteiger partial charge in [0.25, 0.3) is 11.7 Å². The van der Waals surface area contributed by atoms with Crippen molar-refractivity contribution in [3.63, 3.8) is 0 Å². The Hall–Kier alpha value is -2.50. The first-order valence-electron chi connectivity index (χ1n) is 5.80. The maximum absolute atomic E-state index is 13.1. The highest BCUT2D eigenvalue weighted by molar-refractivity contribution is 6.52. The van der Waals surface area contributed by atoms with E-state index in [1.54, 1.807) is 23.1 Å². The molecule has 1 aromatic heterocycles. The number of anilines is 1. The summed E-state index contributed by atoms with van der Waals surface area (Å²) in [5.74, 6) is -1.79. The molecule has 0 spiro atoms. The number of nitrogens with zero attached hydrogens (tertiary/aromatic N) is 3. The highest BCUT2D eigenvalue weighted by atomic mass is 19.1. The minimum Gasteiger partial charge on any atom is -0.303 e. The standard InChI is InChI=1S/C13H10FN3O2/c14-9-2-3-11-10(8-9)12(18)13(19)17(11)7-6-16-5-1-4-15-16/h1-5,8H,6-7H2. The first-order valence-corrected chi connectivity index (χ1v) is 5.80. The molecule has 0 saturated carbocycles. The molecule has 2 heterocycles. The number of halogens is 1. The van der Waals surface area contributed by atoms with Gasteiger partial charge in [-0.25, -0.2) is 4.39 Å². The van der Waals surface area contributed by atoms with Gasteiger partial charge in [-0.3, -0.25) is 14.3 Å². The number of hydrogen-bond acceptors (Lipinski definition) is 3. The van der Waals surface area contributed by atoms with Crippen LogP contribution >= 0.6 is 0 Å². The first kappa shape index (κ1) is 11.6. The van der Waals surface area contributed by atoms with Crippen molar-refractivity contribution in [3.05, 3.63) is 48.0 Å². The monoisotopic (exact) mass is 259 g/mol. The predicted octanol–water partition coefficient (Wildman–Crippen LogP) is 1.25. The molecule has 19 heavy (non-hydrogen) atoms. The molecule has 0 atom stereocenters. The van der Waals surface area contributed by atoms with E-state index >= 15 is 0 Å². The van der Waals surface area contributed by atoms with Crippen molar-refractivity contribution < 1.29 is 14.0 Å². The second kappa shape index (κ2) is 4.31. The topological polar surface area (TPSA) is 55.2 Å². The average Bonchev–Trinajstić information content (AvgIpc) is 2.98. The van der Waals surface area contributed by atoms with E-state index in [1.807, 2.05) is 0 Å². The van der Waals surface area contributed by atoms with Gasteiger partial charge in [-0.15, -0.1) is 0 Å². The number of carbonyl (C=O) groups is 2. The van der Waals surface area contributed by atoms with Gasteiger partial charge in [-0.05, 0) is 24.3 Å². The molecule has 1 aliphatic heterocycles. The zero-order valence-corrected chi connectivity index (χ0v) is 9.91. The predicted molar refractivity (Wildman–Crippen MR) is 65.3 cm³/mol. The summed E-state index contributed by atoms with van der Waals surface area (Å²) >= 11 is 0. The quantitative estimate of drug-likeness (QED) is 0.779. The van der Waals surface area contributed by atoms with Crippen LogP contribution in [0.3, 0.4) is 0 Å². The van der Waals surface area contributed by atoms with E-state index < -0.39 is 17.5 Å². The molecule has 0 unspecified atom stereocenters. The number of benzene rings is 1. The fourth-order valence-electron chi connectivity index (χ4n) is 2.13. The largest absolute Gasteiger partial charge is 0.303 e. The smallest absolute Gasteiger partial charge is 0.299 e. The number of carbonyl (C=O) groups excluding carboxylic acids is 2. The van der Waals surface area contributed by atoms with Crippen molar-refractivity contribution in [3.8, 4) is 0 Å². The summed E-state index contributed by atoms with van der Waals surface area (Å²) < 4.78 is 14.8. The van der Waals surface area contributed by atoms with Crippen LogP contribution < -0.4 is 4.90 Å². The number of amides is 1. The summed E-state index contributed by atoms with van der Waals surface area (Å²) in [5, 5.41) is 4.03. The molecule has 6 heteroatoms. The lowest BCUT2D eigenvalue weighted by atomic mass is 10.1. The fraction of sp³-hybridized carbons (Fsp3) is 0.154. The number of Topliss-reactive ketones (excluding diaryl/α,β-unsaturated/α-hetero) is 1. The van der Waals surface area contributed by atoms with Crippen molar-refractivity contribution in [2.45, 2.75) is 6.54 Å². The molecule has 0 N–H and O–H groups in total. The number of hydrogen-bond donors (Lipinski definition) is 0. The van der Waals surface area contributed by atoms with E-state index in [-0.39, 0.29) is 5.56 Å². The van der Waals surface area contributed by atoms with E-state index in [9.17, 15) is 14.0 Å². The third kappa shape index (κ3) is 1.91. The van der Waals surface area contributed by atoms with Gasteiger partial charge in [0.05, 0.1) is 17.8 Å². The number of aromatic nitrogens is 2. The van der Waals surface area contributed by atoms with E-state index in [0.29, 0.717) is 18.8 Å². The van der Waals surface area contributed by atoms with Crippen LogP contribution in [0.2, 0.25) is 0 Å². The molecule has 1 aromatic carbocycles. The Labute approximate surface area is 108 Å². The molecule has 0 aliphatic carbocycles. The van der Waals surface area contributed by atoms with E-state index in [4.69, 9.17) is 0 Å². The Balaban J connectivity index is 1.87. The summed E-state index contributed by atoms with van der Waals surface area (Å²) in [6.45, 7) is 0.799. The summed E-state index contributed by atoms with van der Waals surface area (Å²) in [5.41, 5.74) is 0.592. The molecule has 5 nitrogen and oxygen atoms in total. The van der Waals surface area contributed by atoms with Gasteiger partial charge in [-0.2, -0.15) is 5.10 Å². The third-order valence-electron chi connectivity index (χ3n) is 3.05. The Morgan fingerprint density at radius 2 is 2.05 bits per heavy atom. The lowest BCUT2D eigenvalue weighted by Crippen LogP contribution is -2.32. The molecule has 3 rings (SSSR count). The number of rotatable bonds is 3. The third-order valence-corrected chi connectivity index (χ3v) is 3.05. The SMILES string of the molecule is O=C1C(=O)N(CCn2cccn2)c2ccc(F)cc21. The zero-order valence-electron chi connectivity index (χ0n) is 9.91. The van der Waals surface area contributed by atoms with Crippen LogP contribution in [-0.4, -0.2) is 28.0 Å². The second-order valence-electron chi connectivity index (χ2n) is 4.22. The van der Waals surface area contributed by atoms with Crippen LogP contribution in [0, 0.1) is 5.82 Å². The van der Waals surface area contributed by atoms with Gasteiger partial charge in [0.15, 0.2) is 0 Å². The molecule has 0 bridgehead atoms. The van der Waals surface area contributed by atoms with E-state index in [2.05, 4.69) is 5.10 Å². The highest BCUT2D eigenvalue weighted by Gasteiger charge is 2.35. The fourth-order valence-corrected chi connectivity index (χ4v) is 2.13. The zero-order chi connectivity index (χ0) is 13.4. The van der Waals surface area contributed by atoms with Crippen molar-refractivity contribution >= 4 is 17.4 Å². The lowest BCUT2D eigenvalue weighted by Gasteiger charge is -2.16. The first-order chi connectivity index (χ1) is 9.16. The van der Waals surface area contributed by atoms with Gasteiger partial charge in [-0.1, -0.05) is 0 Å². The molecule has 0 radical (unpaired) electrons. The molecule has 0 saturated heterocycles. The summed E-state index contributed by atoms with van der Waals surface area (Å²) in [4.78, 5) is 25.0. The van der Waals surface area contributed by atoms with Crippen LogP contribution in [0.5, 0.6) is 0 Å². The van der Waals surface area contributed by atoms with Crippen LogP contribution in [0.15, 0.2) is 36.7 Å². The normalized spacial score (nSPS) is 14.1.